The predicted molar refractivity (Wildman–Crippen MR) is 127 cm³/mol. The van der Waals surface area contributed by atoms with Crippen LogP contribution >= 0.6 is 11.8 Å². The zero-order valence-electron chi connectivity index (χ0n) is 18.9. The minimum atomic E-state index is -0.135. The number of aryl methyl sites for hydroxylation is 2. The monoisotopic (exact) mass is 466 g/mol. The quantitative estimate of drug-likeness (QED) is 0.605. The molecule has 3 N–H and O–H groups in total. The van der Waals surface area contributed by atoms with Gasteiger partial charge in [0.2, 0.25) is 0 Å². The van der Waals surface area contributed by atoms with Gasteiger partial charge in [0.15, 0.2) is 5.82 Å². The molecule has 3 aromatic heterocycles. The van der Waals surface area contributed by atoms with Gasteiger partial charge in [-0.3, -0.25) is 0 Å². The lowest BCUT2D eigenvalue weighted by Crippen LogP contribution is -2.51. The lowest BCUT2D eigenvalue weighted by Gasteiger charge is -2.41. The molecule has 2 fully saturated rings. The molecule has 0 aromatic carbocycles. The highest BCUT2D eigenvalue weighted by Crippen LogP contribution is 2.42. The fourth-order valence-electron chi connectivity index (χ4n) is 5.71. The van der Waals surface area contributed by atoms with Crippen molar-refractivity contribution in [3.63, 3.8) is 0 Å². The van der Waals surface area contributed by atoms with Crippen LogP contribution in [0.1, 0.15) is 37.6 Å². The second-order valence-corrected chi connectivity index (χ2v) is 10.6. The summed E-state index contributed by atoms with van der Waals surface area (Å²) in [6.07, 6.45) is 8.04. The average molecular weight is 467 g/mol. The van der Waals surface area contributed by atoms with Gasteiger partial charge in [-0.15, -0.1) is 0 Å². The molecule has 3 aliphatic rings. The van der Waals surface area contributed by atoms with E-state index in [0.29, 0.717) is 5.69 Å². The normalized spacial score (nSPS) is 24.2. The molecule has 3 aliphatic heterocycles. The zero-order chi connectivity index (χ0) is 22.6. The second-order valence-electron chi connectivity index (χ2n) is 9.57. The number of pyridine rings is 1. The molecular weight excluding hydrogens is 436 g/mol. The summed E-state index contributed by atoms with van der Waals surface area (Å²) in [4.78, 5) is 17.5. The molecule has 8 nitrogen and oxygen atoms in total. The topological polar surface area (TPSA) is 102 Å². The summed E-state index contributed by atoms with van der Waals surface area (Å²) in [5, 5.41) is 12.0. The van der Waals surface area contributed by atoms with E-state index < -0.39 is 0 Å². The van der Waals surface area contributed by atoms with Crippen LogP contribution in [0.4, 0.5) is 5.82 Å². The number of aliphatic hydroxyl groups excluding tert-OH is 1. The molecule has 2 atom stereocenters. The maximum Gasteiger partial charge on any atom is 0.152 e. The third-order valence-electron chi connectivity index (χ3n) is 7.73. The van der Waals surface area contributed by atoms with E-state index in [0.717, 1.165) is 66.9 Å². The van der Waals surface area contributed by atoms with Crippen molar-refractivity contribution < 1.29 is 9.84 Å². The van der Waals surface area contributed by atoms with E-state index in [1.807, 2.05) is 18.5 Å². The lowest BCUT2D eigenvalue weighted by atomic mass is 9.73. The summed E-state index contributed by atoms with van der Waals surface area (Å²) in [5.74, 6) is 0.778. The van der Waals surface area contributed by atoms with Crippen LogP contribution in [0.15, 0.2) is 34.4 Å². The average Bonchev–Trinajstić information content (AvgIpc) is 3.51. The predicted octanol–water partition coefficient (Wildman–Crippen LogP) is 2.75. The van der Waals surface area contributed by atoms with Crippen molar-refractivity contribution in [3.8, 4) is 0 Å². The van der Waals surface area contributed by atoms with Crippen LogP contribution in [0, 0.1) is 5.41 Å². The highest BCUT2D eigenvalue weighted by atomic mass is 32.2. The van der Waals surface area contributed by atoms with Crippen LogP contribution in [0.5, 0.6) is 0 Å². The first-order valence-electron chi connectivity index (χ1n) is 11.8. The Morgan fingerprint density at radius 2 is 2.12 bits per heavy atom. The Bertz CT molecular complexity index is 1190. The molecule has 0 amide bonds. The molecular formula is C24H30N6O2S. The summed E-state index contributed by atoms with van der Waals surface area (Å²) in [6, 6.07) is 4.37. The molecule has 0 bridgehead atoms. The summed E-state index contributed by atoms with van der Waals surface area (Å²) in [7, 11) is 0. The summed E-state index contributed by atoms with van der Waals surface area (Å²) >= 11 is 1.58. The molecule has 2 saturated heterocycles. The number of nitrogens with zero attached hydrogens (tertiary/aromatic N) is 5. The van der Waals surface area contributed by atoms with E-state index in [1.54, 1.807) is 11.8 Å². The van der Waals surface area contributed by atoms with Crippen LogP contribution < -0.4 is 10.6 Å². The van der Waals surface area contributed by atoms with Gasteiger partial charge in [-0.05, 0) is 44.7 Å². The van der Waals surface area contributed by atoms with Gasteiger partial charge >= 0.3 is 0 Å². The van der Waals surface area contributed by atoms with E-state index in [9.17, 15) is 5.11 Å². The van der Waals surface area contributed by atoms with Crippen molar-refractivity contribution in [3.05, 3.63) is 35.9 Å². The van der Waals surface area contributed by atoms with E-state index in [4.69, 9.17) is 20.4 Å². The number of aliphatic hydroxyl groups is 1. The van der Waals surface area contributed by atoms with Crippen LogP contribution in [-0.4, -0.2) is 56.5 Å². The number of ether oxygens (including phenoxy) is 1. The molecule has 174 valence electrons. The first-order chi connectivity index (χ1) is 16.1. The second kappa shape index (κ2) is 8.23. The third kappa shape index (κ3) is 3.53. The molecule has 0 aliphatic carbocycles. The molecule has 33 heavy (non-hydrogen) atoms. The summed E-state index contributed by atoms with van der Waals surface area (Å²) in [6.45, 7) is 5.40. The van der Waals surface area contributed by atoms with Crippen LogP contribution in [-0.2, 0) is 24.3 Å². The first-order valence-corrected chi connectivity index (χ1v) is 12.6. The van der Waals surface area contributed by atoms with Gasteiger partial charge in [0.1, 0.15) is 16.4 Å². The van der Waals surface area contributed by atoms with Crippen molar-refractivity contribution in [1.29, 1.82) is 0 Å². The Morgan fingerprint density at radius 3 is 2.88 bits per heavy atom. The zero-order valence-corrected chi connectivity index (χ0v) is 19.7. The van der Waals surface area contributed by atoms with E-state index in [1.165, 1.54) is 17.5 Å². The molecule has 1 unspecified atom stereocenters. The lowest BCUT2D eigenvalue weighted by molar-refractivity contribution is 0.0973. The Balaban J connectivity index is 1.22. The molecule has 6 heterocycles. The van der Waals surface area contributed by atoms with Gasteiger partial charge in [-0.25, -0.2) is 15.0 Å². The number of rotatable bonds is 4. The number of fused-ring (bicyclic) bond motifs is 3. The molecule has 9 heteroatoms. The van der Waals surface area contributed by atoms with Crippen LogP contribution in [0.2, 0.25) is 0 Å². The SMILES string of the molecule is C[C@@H]1OCC2(CCN(c3ncc(Sc4ccnc5c4cc4n5CCC4)nc3CO)CC2)C1N. The maximum atomic E-state index is 10.1. The number of hydrogen-bond donors (Lipinski definition) is 2. The van der Waals surface area contributed by atoms with Crippen molar-refractivity contribution in [1.82, 2.24) is 19.5 Å². The van der Waals surface area contributed by atoms with Gasteiger partial charge in [0.05, 0.1) is 25.5 Å². The van der Waals surface area contributed by atoms with E-state index in [2.05, 4.69) is 27.4 Å². The van der Waals surface area contributed by atoms with Gasteiger partial charge in [-0.2, -0.15) is 0 Å². The molecule has 6 rings (SSSR count). The van der Waals surface area contributed by atoms with Gasteiger partial charge in [-0.1, -0.05) is 11.8 Å². The Morgan fingerprint density at radius 1 is 1.27 bits per heavy atom. The Hall–Kier alpha value is -2.20. The first kappa shape index (κ1) is 21.3. The number of anilines is 1. The minimum absolute atomic E-state index is 0.0586. The summed E-state index contributed by atoms with van der Waals surface area (Å²) < 4.78 is 8.16. The van der Waals surface area contributed by atoms with Crippen molar-refractivity contribution in [2.75, 3.05) is 24.6 Å². The number of nitrogens with two attached hydrogens (primary N) is 1. The molecule has 0 saturated carbocycles. The van der Waals surface area contributed by atoms with Crippen LogP contribution in [0.3, 0.4) is 0 Å². The van der Waals surface area contributed by atoms with Crippen LogP contribution in [0.25, 0.3) is 11.0 Å². The minimum Gasteiger partial charge on any atom is -0.390 e. The molecule has 1 spiro atoms. The van der Waals surface area contributed by atoms with Crippen molar-refractivity contribution in [2.24, 2.45) is 11.1 Å². The highest BCUT2D eigenvalue weighted by molar-refractivity contribution is 7.99. The van der Waals surface area contributed by atoms with Crippen molar-refractivity contribution >= 4 is 28.6 Å². The Labute approximate surface area is 197 Å². The smallest absolute Gasteiger partial charge is 0.152 e. The Kier molecular flexibility index (Phi) is 5.32. The number of aromatic nitrogens is 4. The number of piperidine rings is 1. The molecule has 0 radical (unpaired) electrons. The molecule has 3 aromatic rings. The third-order valence-corrected chi connectivity index (χ3v) is 8.71. The van der Waals surface area contributed by atoms with Crippen molar-refractivity contribution in [2.45, 2.75) is 67.8 Å². The van der Waals surface area contributed by atoms with Gasteiger partial charge in [0.25, 0.3) is 0 Å². The van der Waals surface area contributed by atoms with Gasteiger partial charge in [0, 0.05) is 53.3 Å². The largest absolute Gasteiger partial charge is 0.390 e. The maximum absolute atomic E-state index is 10.1. The highest BCUT2D eigenvalue weighted by Gasteiger charge is 2.47. The fraction of sp³-hybridized carbons (Fsp3) is 0.542. The van der Waals surface area contributed by atoms with Gasteiger partial charge < -0.3 is 25.0 Å². The number of hydrogen-bond acceptors (Lipinski definition) is 8. The van der Waals surface area contributed by atoms with E-state index >= 15 is 0 Å². The van der Waals surface area contributed by atoms with E-state index in [-0.39, 0.29) is 24.2 Å². The standard InChI is InChI=1S/C24H30N6O2S/c1-15-21(25)24(14-32-15)5-9-29(10-6-24)23-18(13-31)28-20(12-27-23)33-19-4-7-26-22-17(19)11-16-3-2-8-30(16)22/h4,7,11-12,15,21,31H,2-3,5-6,8-10,13-14,25H2,1H3/t15-,21?/m0/s1. The fourth-order valence-corrected chi connectivity index (χ4v) is 6.59. The summed E-state index contributed by atoms with van der Waals surface area (Å²) in [5.41, 5.74) is 9.55.